The highest BCUT2D eigenvalue weighted by Gasteiger charge is 2.13. The molecule has 0 atom stereocenters. The summed E-state index contributed by atoms with van der Waals surface area (Å²) in [5.41, 5.74) is 3.46. The second kappa shape index (κ2) is 9.11. The summed E-state index contributed by atoms with van der Waals surface area (Å²) in [6.07, 6.45) is 1.84. The molecular weight excluding hydrogens is 378 g/mol. The molecule has 1 heterocycles. The Balaban J connectivity index is 1.71. The topological polar surface area (TPSA) is 39.9 Å². The van der Waals surface area contributed by atoms with E-state index in [4.69, 9.17) is 16.3 Å². The molecule has 27 heavy (non-hydrogen) atoms. The van der Waals surface area contributed by atoms with Crippen LogP contribution in [0.15, 0.2) is 60.3 Å². The Bertz CT molecular complexity index is 922. The molecule has 0 saturated carbocycles. The van der Waals surface area contributed by atoms with Gasteiger partial charge in [-0.1, -0.05) is 53.7 Å². The third-order valence-corrected chi connectivity index (χ3v) is 5.38. The van der Waals surface area contributed by atoms with Crippen LogP contribution in [0.4, 0.5) is 0 Å². The molecule has 0 fully saturated rings. The van der Waals surface area contributed by atoms with E-state index in [2.05, 4.69) is 35.8 Å². The molecule has 1 aromatic heterocycles. The molecule has 2 aromatic carbocycles. The summed E-state index contributed by atoms with van der Waals surface area (Å²) in [6, 6.07) is 14.0. The van der Waals surface area contributed by atoms with Crippen LogP contribution in [0, 0.1) is 13.8 Å². The quantitative estimate of drug-likeness (QED) is 0.365. The number of ether oxygens (including phenoxy) is 1. The van der Waals surface area contributed by atoms with Crippen molar-refractivity contribution in [1.29, 1.82) is 0 Å². The van der Waals surface area contributed by atoms with Gasteiger partial charge >= 0.3 is 0 Å². The van der Waals surface area contributed by atoms with Gasteiger partial charge in [-0.25, -0.2) is 0 Å². The fourth-order valence-electron chi connectivity index (χ4n) is 2.58. The second-order valence-electron chi connectivity index (χ2n) is 6.27. The molecule has 4 nitrogen and oxygen atoms in total. The molecule has 0 spiro atoms. The second-order valence-corrected chi connectivity index (χ2v) is 7.65. The molecule has 140 valence electrons. The first-order valence-electron chi connectivity index (χ1n) is 8.67. The fraction of sp³-hybridized carbons (Fsp3) is 0.238. The molecule has 0 radical (unpaired) electrons. The van der Waals surface area contributed by atoms with Gasteiger partial charge in [-0.15, -0.1) is 16.8 Å². The fourth-order valence-corrected chi connectivity index (χ4v) is 3.63. The van der Waals surface area contributed by atoms with Crippen molar-refractivity contribution in [2.45, 2.75) is 37.9 Å². The molecule has 0 N–H and O–H groups in total. The van der Waals surface area contributed by atoms with E-state index < -0.39 is 0 Å². The zero-order valence-electron chi connectivity index (χ0n) is 15.5. The summed E-state index contributed by atoms with van der Waals surface area (Å²) in [7, 11) is 0. The first-order chi connectivity index (χ1) is 13.1. The van der Waals surface area contributed by atoms with Gasteiger partial charge in [-0.2, -0.15) is 0 Å². The number of hydrogen-bond donors (Lipinski definition) is 0. The van der Waals surface area contributed by atoms with E-state index in [1.54, 1.807) is 11.8 Å². The van der Waals surface area contributed by atoms with Gasteiger partial charge in [-0.3, -0.25) is 4.57 Å². The summed E-state index contributed by atoms with van der Waals surface area (Å²) in [5.74, 6) is 2.46. The van der Waals surface area contributed by atoms with Crippen LogP contribution in [0.2, 0.25) is 5.02 Å². The van der Waals surface area contributed by atoms with E-state index in [-0.39, 0.29) is 0 Å². The van der Waals surface area contributed by atoms with Crippen molar-refractivity contribution in [3.63, 3.8) is 0 Å². The third-order valence-electron chi connectivity index (χ3n) is 4.09. The number of hydrogen-bond acceptors (Lipinski definition) is 4. The Morgan fingerprint density at radius 3 is 2.67 bits per heavy atom. The summed E-state index contributed by atoms with van der Waals surface area (Å²) in [5, 5.41) is 10.3. The summed E-state index contributed by atoms with van der Waals surface area (Å²) >= 11 is 7.58. The zero-order valence-corrected chi connectivity index (χ0v) is 17.1. The summed E-state index contributed by atoms with van der Waals surface area (Å²) in [6.45, 7) is 8.95. The van der Waals surface area contributed by atoms with Crippen LogP contribution in [0.3, 0.4) is 0 Å². The molecule has 3 rings (SSSR count). The van der Waals surface area contributed by atoms with Crippen LogP contribution in [0.25, 0.3) is 0 Å². The van der Waals surface area contributed by atoms with Crippen molar-refractivity contribution in [1.82, 2.24) is 14.8 Å². The first-order valence-corrected chi connectivity index (χ1v) is 10.0. The molecule has 0 unspecified atom stereocenters. The Morgan fingerprint density at radius 1 is 1.15 bits per heavy atom. The standard InChI is InChI=1S/C21H22ClN3OS/c1-4-11-25-20(13-26-19-12-15(2)5-6-16(19)3)23-24-21(25)27-14-17-7-9-18(22)10-8-17/h4-10,12H,1,11,13-14H2,2-3H3. The normalized spacial score (nSPS) is 10.8. The maximum atomic E-state index is 6.00. The molecule has 0 bridgehead atoms. The highest BCUT2D eigenvalue weighted by molar-refractivity contribution is 7.98. The minimum atomic E-state index is 0.368. The monoisotopic (exact) mass is 399 g/mol. The molecule has 6 heteroatoms. The van der Waals surface area contributed by atoms with Gasteiger partial charge < -0.3 is 4.74 Å². The van der Waals surface area contributed by atoms with Crippen LogP contribution in [-0.4, -0.2) is 14.8 Å². The Labute approximate surface area is 169 Å². The predicted molar refractivity (Wildman–Crippen MR) is 111 cm³/mol. The van der Waals surface area contributed by atoms with Gasteiger partial charge in [0.1, 0.15) is 12.4 Å². The number of allylic oxidation sites excluding steroid dienone is 1. The van der Waals surface area contributed by atoms with Gasteiger partial charge in [0.25, 0.3) is 0 Å². The third kappa shape index (κ3) is 5.15. The van der Waals surface area contributed by atoms with Gasteiger partial charge in [0.15, 0.2) is 11.0 Å². The van der Waals surface area contributed by atoms with Crippen molar-refractivity contribution in [3.8, 4) is 5.75 Å². The molecule has 3 aromatic rings. The highest BCUT2D eigenvalue weighted by atomic mass is 35.5. The molecule has 0 aliphatic rings. The van der Waals surface area contributed by atoms with Crippen LogP contribution >= 0.6 is 23.4 Å². The predicted octanol–water partition coefficient (Wildman–Crippen LogP) is 5.61. The molecule has 0 aliphatic heterocycles. The van der Waals surface area contributed by atoms with Gasteiger partial charge in [0, 0.05) is 17.3 Å². The lowest BCUT2D eigenvalue weighted by molar-refractivity contribution is 0.287. The number of benzene rings is 2. The van der Waals surface area contributed by atoms with Crippen LogP contribution in [0.1, 0.15) is 22.5 Å². The van der Waals surface area contributed by atoms with Gasteiger partial charge in [-0.05, 0) is 48.7 Å². The average Bonchev–Trinajstić information content (AvgIpc) is 3.04. The van der Waals surface area contributed by atoms with E-state index in [1.807, 2.05) is 47.9 Å². The summed E-state index contributed by atoms with van der Waals surface area (Å²) in [4.78, 5) is 0. The number of aryl methyl sites for hydroxylation is 2. The number of halogens is 1. The lowest BCUT2D eigenvalue weighted by Gasteiger charge is -2.11. The smallest absolute Gasteiger partial charge is 0.191 e. The van der Waals surface area contributed by atoms with Crippen molar-refractivity contribution in [2.75, 3.05) is 0 Å². The Hall–Kier alpha value is -2.24. The van der Waals surface area contributed by atoms with E-state index >= 15 is 0 Å². The largest absolute Gasteiger partial charge is 0.485 e. The first kappa shape index (κ1) is 19.5. The molecule has 0 amide bonds. The van der Waals surface area contributed by atoms with Gasteiger partial charge in [0.2, 0.25) is 0 Å². The highest BCUT2D eigenvalue weighted by Crippen LogP contribution is 2.24. The number of rotatable bonds is 8. The van der Waals surface area contributed by atoms with Crippen molar-refractivity contribution in [2.24, 2.45) is 0 Å². The molecule has 0 saturated heterocycles. The maximum absolute atomic E-state index is 6.00. The summed E-state index contributed by atoms with van der Waals surface area (Å²) < 4.78 is 8.04. The number of thioether (sulfide) groups is 1. The van der Waals surface area contributed by atoms with E-state index in [0.29, 0.717) is 13.2 Å². The van der Waals surface area contributed by atoms with E-state index in [1.165, 1.54) is 11.1 Å². The van der Waals surface area contributed by atoms with E-state index in [0.717, 1.165) is 33.1 Å². The van der Waals surface area contributed by atoms with Crippen molar-refractivity contribution in [3.05, 3.63) is 82.7 Å². The Kier molecular flexibility index (Phi) is 6.58. The number of nitrogens with zero attached hydrogens (tertiary/aromatic N) is 3. The lowest BCUT2D eigenvalue weighted by Crippen LogP contribution is -2.08. The van der Waals surface area contributed by atoms with Crippen LogP contribution < -0.4 is 4.74 Å². The number of aromatic nitrogens is 3. The molecular formula is C21H22ClN3OS. The SMILES string of the molecule is C=CCn1c(COc2cc(C)ccc2C)nnc1SCc1ccc(Cl)cc1. The van der Waals surface area contributed by atoms with Crippen LogP contribution in [-0.2, 0) is 18.9 Å². The van der Waals surface area contributed by atoms with E-state index in [9.17, 15) is 0 Å². The molecule has 0 aliphatic carbocycles. The average molecular weight is 400 g/mol. The Morgan fingerprint density at radius 2 is 1.93 bits per heavy atom. The minimum absolute atomic E-state index is 0.368. The lowest BCUT2D eigenvalue weighted by atomic mass is 10.1. The van der Waals surface area contributed by atoms with Crippen molar-refractivity contribution < 1.29 is 4.74 Å². The van der Waals surface area contributed by atoms with Crippen molar-refractivity contribution >= 4 is 23.4 Å². The minimum Gasteiger partial charge on any atom is -0.485 e. The zero-order chi connectivity index (χ0) is 19.2. The van der Waals surface area contributed by atoms with Crippen LogP contribution in [0.5, 0.6) is 5.75 Å². The maximum Gasteiger partial charge on any atom is 0.191 e. The van der Waals surface area contributed by atoms with Gasteiger partial charge in [0.05, 0.1) is 0 Å².